The lowest BCUT2D eigenvalue weighted by Gasteiger charge is -2.14. The Morgan fingerprint density at radius 2 is 0.628 bits per heavy atom. The van der Waals surface area contributed by atoms with E-state index in [-0.39, 0.29) is 0 Å². The smallest absolute Gasteiger partial charge is 0.128 e. The maximum absolute atomic E-state index is 6.45. The molecule has 5 aromatic carbocycles. The zero-order chi connectivity index (χ0) is 28.6. The zero-order valence-electron chi connectivity index (χ0n) is 23.3. The van der Waals surface area contributed by atoms with E-state index in [1.807, 2.05) is 24.3 Å². The van der Waals surface area contributed by atoms with Crippen LogP contribution in [-0.4, -0.2) is 9.97 Å². The van der Waals surface area contributed by atoms with E-state index in [4.69, 9.17) is 14.7 Å². The van der Waals surface area contributed by atoms with Crippen LogP contribution in [0.2, 0.25) is 0 Å². The number of benzene rings is 5. The highest BCUT2D eigenvalue weighted by Crippen LogP contribution is 2.39. The molecule has 0 fully saturated rings. The van der Waals surface area contributed by atoms with Gasteiger partial charge in [-0.15, -0.1) is 0 Å². The van der Waals surface area contributed by atoms with Crippen LogP contribution in [0.1, 0.15) is 0 Å². The minimum absolute atomic E-state index is 0.778. The second kappa shape index (κ2) is 10.6. The fourth-order valence-electron chi connectivity index (χ4n) is 5.91. The summed E-state index contributed by atoms with van der Waals surface area (Å²) in [6.45, 7) is 0. The highest BCUT2D eigenvalue weighted by Gasteiger charge is 2.16. The Balaban J connectivity index is 1.41. The van der Waals surface area contributed by atoms with Gasteiger partial charge in [0.15, 0.2) is 0 Å². The second-order valence-corrected chi connectivity index (χ2v) is 10.6. The molecule has 0 radical (unpaired) electrons. The van der Waals surface area contributed by atoms with Crippen LogP contribution >= 0.6 is 0 Å². The van der Waals surface area contributed by atoms with Crippen molar-refractivity contribution in [1.29, 1.82) is 0 Å². The summed E-state index contributed by atoms with van der Waals surface area (Å²) in [4.78, 5) is 10.4. The van der Waals surface area contributed by atoms with Crippen molar-refractivity contribution in [2.24, 2.45) is 0 Å². The number of aromatic nitrogens is 2. The van der Waals surface area contributed by atoms with E-state index in [1.54, 1.807) is 0 Å². The van der Waals surface area contributed by atoms with E-state index in [9.17, 15) is 0 Å². The van der Waals surface area contributed by atoms with Crippen molar-refractivity contribution in [3.63, 3.8) is 0 Å². The Labute approximate surface area is 250 Å². The lowest BCUT2D eigenvalue weighted by molar-refractivity contribution is 0.483. The molecule has 2 aromatic heterocycles. The van der Waals surface area contributed by atoms with Gasteiger partial charge in [0.2, 0.25) is 0 Å². The topological polar surface area (TPSA) is 35.0 Å². The maximum Gasteiger partial charge on any atom is 0.128 e. The van der Waals surface area contributed by atoms with Crippen molar-refractivity contribution in [2.45, 2.75) is 0 Å². The summed E-state index contributed by atoms with van der Waals surface area (Å²) in [5, 5.41) is 0. The molecule has 3 nitrogen and oxygen atoms in total. The van der Waals surface area contributed by atoms with Crippen LogP contribution < -0.4 is 4.74 Å². The van der Waals surface area contributed by atoms with E-state index in [0.717, 1.165) is 78.8 Å². The molecule has 7 aromatic rings. The Kier molecular flexibility index (Phi) is 6.12. The molecule has 3 heterocycles. The standard InChI is InChI=1S/C40H26N2O/c1-3-17-33-31(15-1)27-11-7-13-29(25-27)43-30-14-8-12-28(26-30)32-16-2-4-18-34(32)38-22-10-24-40(42-38)36-20-6-5-19-35(36)39-23-9-21-37(33)41-39/h1-26H. The highest BCUT2D eigenvalue weighted by atomic mass is 16.5. The third-order valence-corrected chi connectivity index (χ3v) is 7.91. The van der Waals surface area contributed by atoms with Crippen molar-refractivity contribution >= 4 is 0 Å². The number of hydrogen-bond acceptors (Lipinski definition) is 3. The van der Waals surface area contributed by atoms with E-state index in [0.29, 0.717) is 0 Å². The molecule has 43 heavy (non-hydrogen) atoms. The van der Waals surface area contributed by atoms with Crippen molar-refractivity contribution in [3.05, 3.63) is 158 Å². The maximum atomic E-state index is 6.45. The van der Waals surface area contributed by atoms with Gasteiger partial charge in [0, 0.05) is 22.3 Å². The Morgan fingerprint density at radius 1 is 0.302 bits per heavy atom. The van der Waals surface area contributed by atoms with E-state index >= 15 is 0 Å². The summed E-state index contributed by atoms with van der Waals surface area (Å²) in [7, 11) is 0. The van der Waals surface area contributed by atoms with Crippen LogP contribution in [0, 0.1) is 0 Å². The SMILES string of the molecule is c1cc2cc(c1)-c1ccccc1-c1cccc(n1)-c1ccccc1-c1cccc(n1)-c1ccccc1-c1cccc(c1)O2. The molecule has 202 valence electrons. The van der Waals surface area contributed by atoms with Gasteiger partial charge in [0.1, 0.15) is 11.5 Å². The predicted octanol–water partition coefficient (Wildman–Crippen LogP) is 10.6. The molecule has 0 saturated carbocycles. The quantitative estimate of drug-likeness (QED) is 0.188. The number of hydrogen-bond donors (Lipinski definition) is 0. The first-order chi connectivity index (χ1) is 21.3. The molecule has 1 aliphatic rings. The predicted molar refractivity (Wildman–Crippen MR) is 175 cm³/mol. The molecule has 0 saturated heterocycles. The molecule has 0 amide bonds. The van der Waals surface area contributed by atoms with Crippen LogP contribution in [-0.2, 0) is 0 Å². The van der Waals surface area contributed by atoms with E-state index < -0.39 is 0 Å². The molecule has 0 N–H and O–H groups in total. The number of nitrogens with zero attached hydrogens (tertiary/aromatic N) is 2. The lowest BCUT2D eigenvalue weighted by atomic mass is 9.95. The molecular weight excluding hydrogens is 524 g/mol. The minimum Gasteiger partial charge on any atom is -0.457 e. The van der Waals surface area contributed by atoms with Gasteiger partial charge in [0.25, 0.3) is 0 Å². The van der Waals surface area contributed by atoms with Gasteiger partial charge >= 0.3 is 0 Å². The summed E-state index contributed by atoms with van der Waals surface area (Å²) in [6, 6.07) is 54.2. The fourth-order valence-corrected chi connectivity index (χ4v) is 5.91. The van der Waals surface area contributed by atoms with Crippen molar-refractivity contribution < 1.29 is 4.74 Å². The highest BCUT2D eigenvalue weighted by molar-refractivity contribution is 5.87. The van der Waals surface area contributed by atoms with Gasteiger partial charge in [-0.3, -0.25) is 0 Å². The molecule has 8 rings (SSSR count). The van der Waals surface area contributed by atoms with Gasteiger partial charge in [-0.2, -0.15) is 0 Å². The number of rotatable bonds is 0. The fraction of sp³-hybridized carbons (Fsp3) is 0. The van der Waals surface area contributed by atoms with E-state index in [2.05, 4.69) is 133 Å². The van der Waals surface area contributed by atoms with Crippen molar-refractivity contribution in [3.8, 4) is 78.8 Å². The first-order valence-corrected chi connectivity index (χ1v) is 14.4. The Bertz CT molecular complexity index is 1980. The molecular formula is C40H26N2O. The molecule has 3 heteroatoms. The average molecular weight is 551 g/mol. The molecule has 0 atom stereocenters. The van der Waals surface area contributed by atoms with Gasteiger partial charge in [-0.1, -0.05) is 109 Å². The van der Waals surface area contributed by atoms with Gasteiger partial charge in [-0.25, -0.2) is 9.97 Å². The summed E-state index contributed by atoms with van der Waals surface area (Å²) in [5.74, 6) is 1.56. The van der Waals surface area contributed by atoms with Gasteiger partial charge in [-0.05, 0) is 70.8 Å². The molecule has 0 aliphatic carbocycles. The van der Waals surface area contributed by atoms with Crippen LogP contribution in [0.5, 0.6) is 11.5 Å². The van der Waals surface area contributed by atoms with Crippen LogP contribution in [0.25, 0.3) is 67.3 Å². The Morgan fingerprint density at radius 3 is 1.02 bits per heavy atom. The van der Waals surface area contributed by atoms with Gasteiger partial charge in [0.05, 0.1) is 22.8 Å². The largest absolute Gasteiger partial charge is 0.457 e. The number of ether oxygens (including phenoxy) is 1. The number of pyridine rings is 2. The van der Waals surface area contributed by atoms with Crippen molar-refractivity contribution in [2.75, 3.05) is 0 Å². The molecule has 8 bridgehead atoms. The third-order valence-electron chi connectivity index (χ3n) is 7.91. The monoisotopic (exact) mass is 550 g/mol. The average Bonchev–Trinajstić information content (AvgIpc) is 3.08. The second-order valence-electron chi connectivity index (χ2n) is 10.6. The number of fused-ring (bicyclic) bond motifs is 17. The lowest BCUT2D eigenvalue weighted by Crippen LogP contribution is -1.94. The molecule has 1 aliphatic heterocycles. The molecule has 0 spiro atoms. The summed E-state index contributed by atoms with van der Waals surface area (Å²) >= 11 is 0. The summed E-state index contributed by atoms with van der Waals surface area (Å²) in [6.07, 6.45) is 0. The summed E-state index contributed by atoms with van der Waals surface area (Å²) in [5.41, 5.74) is 12.2. The van der Waals surface area contributed by atoms with Gasteiger partial charge < -0.3 is 4.74 Å². The van der Waals surface area contributed by atoms with Crippen LogP contribution in [0.3, 0.4) is 0 Å². The Hall–Kier alpha value is -5.80. The normalized spacial score (nSPS) is 11.4. The van der Waals surface area contributed by atoms with E-state index in [1.165, 1.54) is 0 Å². The first kappa shape index (κ1) is 25.0. The van der Waals surface area contributed by atoms with Crippen LogP contribution in [0.15, 0.2) is 158 Å². The van der Waals surface area contributed by atoms with Crippen LogP contribution in [0.4, 0.5) is 0 Å². The zero-order valence-corrected chi connectivity index (χ0v) is 23.3. The molecule has 0 unspecified atom stereocenters. The third kappa shape index (κ3) is 4.67. The summed E-state index contributed by atoms with van der Waals surface area (Å²) < 4.78 is 6.45. The minimum atomic E-state index is 0.778. The van der Waals surface area contributed by atoms with Crippen molar-refractivity contribution in [1.82, 2.24) is 9.97 Å². The first-order valence-electron chi connectivity index (χ1n) is 14.4.